The molecule has 0 fully saturated rings. The number of rotatable bonds is 17. The van der Waals surface area contributed by atoms with Gasteiger partial charge >= 0.3 is 0 Å². The Morgan fingerprint density at radius 3 is 1.50 bits per heavy atom. The molecule has 168 valence electrons. The molecule has 1 aromatic rings. The molecule has 1 atom stereocenters. The average Bonchev–Trinajstić information content (AvgIpc) is 3.02. The molecule has 0 bridgehead atoms. The molecule has 1 N–H and O–H groups in total. The Hall–Kier alpha value is -1.68. The summed E-state index contributed by atoms with van der Waals surface area (Å²) in [6, 6.07) is 6.52. The second-order valence-corrected chi connectivity index (χ2v) is 8.75. The fourth-order valence-corrected chi connectivity index (χ4v) is 4.42. The van der Waals surface area contributed by atoms with Crippen molar-refractivity contribution in [2.75, 3.05) is 6.61 Å². The van der Waals surface area contributed by atoms with E-state index in [1.807, 2.05) is 0 Å². The van der Waals surface area contributed by atoms with E-state index in [-0.39, 0.29) is 18.4 Å². The summed E-state index contributed by atoms with van der Waals surface area (Å²) in [5.41, 5.74) is 0.920. The third-order valence-electron chi connectivity index (χ3n) is 6.29. The SMILES string of the molecule is CCCCCCCCCCCCCCCCC(CO)N1C(=O)c2ccccc2C1=O. The van der Waals surface area contributed by atoms with Crippen LogP contribution in [0, 0.1) is 0 Å². The van der Waals surface area contributed by atoms with Crippen molar-refractivity contribution in [3.05, 3.63) is 35.4 Å². The number of imide groups is 1. The monoisotopic (exact) mass is 415 g/mol. The van der Waals surface area contributed by atoms with Gasteiger partial charge in [0.15, 0.2) is 0 Å². The zero-order chi connectivity index (χ0) is 21.6. The first-order valence-electron chi connectivity index (χ1n) is 12.3. The van der Waals surface area contributed by atoms with Gasteiger partial charge in [0, 0.05) is 0 Å². The van der Waals surface area contributed by atoms with E-state index in [1.165, 1.54) is 81.9 Å². The minimum Gasteiger partial charge on any atom is -0.394 e. The first-order chi connectivity index (χ1) is 14.7. The Kier molecular flexibility index (Phi) is 11.8. The van der Waals surface area contributed by atoms with Crippen LogP contribution >= 0.6 is 0 Å². The molecule has 0 aliphatic carbocycles. The molecule has 1 aromatic carbocycles. The first-order valence-corrected chi connectivity index (χ1v) is 12.3. The molecule has 30 heavy (non-hydrogen) atoms. The number of aliphatic hydroxyl groups excluding tert-OH is 1. The van der Waals surface area contributed by atoms with Crippen LogP contribution in [0.4, 0.5) is 0 Å². The van der Waals surface area contributed by atoms with Gasteiger partial charge < -0.3 is 5.11 Å². The van der Waals surface area contributed by atoms with Crippen molar-refractivity contribution >= 4 is 11.8 Å². The van der Waals surface area contributed by atoms with Crippen molar-refractivity contribution in [2.45, 2.75) is 109 Å². The van der Waals surface area contributed by atoms with Gasteiger partial charge in [-0.3, -0.25) is 14.5 Å². The standard InChI is InChI=1S/C26H41NO3/c1-2-3-4-5-6-7-8-9-10-11-12-13-14-15-18-22(21-28)27-25(29)23-19-16-17-20-24(23)26(27)30/h16-17,19-20,22,28H,2-15,18,21H2,1H3. The number of amides is 2. The summed E-state index contributed by atoms with van der Waals surface area (Å²) >= 11 is 0. The van der Waals surface area contributed by atoms with Gasteiger partial charge in [-0.25, -0.2) is 0 Å². The number of fused-ring (bicyclic) bond motifs is 1. The highest BCUT2D eigenvalue weighted by Crippen LogP contribution is 2.26. The zero-order valence-electron chi connectivity index (χ0n) is 18.9. The maximum Gasteiger partial charge on any atom is 0.261 e. The van der Waals surface area contributed by atoms with Crippen molar-refractivity contribution in [1.29, 1.82) is 0 Å². The summed E-state index contributed by atoms with van der Waals surface area (Å²) in [4.78, 5) is 26.4. The Morgan fingerprint density at radius 1 is 0.700 bits per heavy atom. The van der Waals surface area contributed by atoms with Crippen LogP contribution in [0.25, 0.3) is 0 Å². The molecule has 1 aliphatic heterocycles. The van der Waals surface area contributed by atoms with Gasteiger partial charge in [0.25, 0.3) is 11.8 Å². The minimum absolute atomic E-state index is 0.163. The molecule has 0 radical (unpaired) electrons. The highest BCUT2D eigenvalue weighted by molar-refractivity contribution is 6.21. The van der Waals surface area contributed by atoms with Crippen molar-refractivity contribution in [2.24, 2.45) is 0 Å². The predicted molar refractivity (Wildman–Crippen MR) is 123 cm³/mol. The maximum absolute atomic E-state index is 12.5. The zero-order valence-corrected chi connectivity index (χ0v) is 18.9. The van der Waals surface area contributed by atoms with Crippen LogP contribution in [-0.4, -0.2) is 34.5 Å². The number of carbonyl (C=O) groups is 2. The number of unbranched alkanes of at least 4 members (excludes halogenated alkanes) is 13. The Morgan fingerprint density at radius 2 is 1.10 bits per heavy atom. The molecule has 0 aromatic heterocycles. The predicted octanol–water partition coefficient (Wildman–Crippen LogP) is 6.51. The van der Waals surface area contributed by atoms with Crippen LogP contribution in [0.1, 0.15) is 124 Å². The molecule has 0 spiro atoms. The van der Waals surface area contributed by atoms with Gasteiger partial charge in [-0.2, -0.15) is 0 Å². The lowest BCUT2D eigenvalue weighted by Gasteiger charge is -2.24. The van der Waals surface area contributed by atoms with Crippen molar-refractivity contribution < 1.29 is 14.7 Å². The summed E-state index contributed by atoms with van der Waals surface area (Å²) in [6.07, 6.45) is 18.9. The molecule has 2 amide bonds. The highest BCUT2D eigenvalue weighted by atomic mass is 16.3. The van der Waals surface area contributed by atoms with E-state index >= 15 is 0 Å². The van der Waals surface area contributed by atoms with Gasteiger partial charge in [0.1, 0.15) is 0 Å². The second-order valence-electron chi connectivity index (χ2n) is 8.75. The highest BCUT2D eigenvalue weighted by Gasteiger charge is 2.39. The molecular weight excluding hydrogens is 374 g/mol. The van der Waals surface area contributed by atoms with Crippen LogP contribution in [0.3, 0.4) is 0 Å². The van der Waals surface area contributed by atoms with E-state index in [1.54, 1.807) is 24.3 Å². The molecule has 0 saturated heterocycles. The van der Waals surface area contributed by atoms with E-state index < -0.39 is 6.04 Å². The molecule has 4 nitrogen and oxygen atoms in total. The van der Waals surface area contributed by atoms with Gasteiger partial charge in [-0.05, 0) is 18.6 Å². The van der Waals surface area contributed by atoms with E-state index in [0.29, 0.717) is 17.5 Å². The minimum atomic E-state index is -0.408. The number of benzene rings is 1. The van der Waals surface area contributed by atoms with E-state index in [9.17, 15) is 14.7 Å². The van der Waals surface area contributed by atoms with Crippen LogP contribution in [0.2, 0.25) is 0 Å². The van der Waals surface area contributed by atoms with Crippen molar-refractivity contribution in [1.82, 2.24) is 4.90 Å². The molecule has 0 saturated carbocycles. The number of hydrogen-bond donors (Lipinski definition) is 1. The number of nitrogens with zero attached hydrogens (tertiary/aromatic N) is 1. The van der Waals surface area contributed by atoms with Crippen LogP contribution in [0.15, 0.2) is 24.3 Å². The number of aliphatic hydroxyl groups is 1. The fraction of sp³-hybridized carbons (Fsp3) is 0.692. The Bertz CT molecular complexity index is 608. The largest absolute Gasteiger partial charge is 0.394 e. The quantitative estimate of drug-likeness (QED) is 0.233. The van der Waals surface area contributed by atoms with Crippen molar-refractivity contribution in [3.8, 4) is 0 Å². The molecule has 1 heterocycles. The Labute approximate surface area is 183 Å². The molecular formula is C26H41NO3. The van der Waals surface area contributed by atoms with Gasteiger partial charge in [0.05, 0.1) is 23.8 Å². The van der Waals surface area contributed by atoms with Gasteiger partial charge in [0.2, 0.25) is 0 Å². The van der Waals surface area contributed by atoms with Gasteiger partial charge in [-0.15, -0.1) is 0 Å². The lowest BCUT2D eigenvalue weighted by molar-refractivity contribution is 0.0502. The van der Waals surface area contributed by atoms with Gasteiger partial charge in [-0.1, -0.05) is 109 Å². The van der Waals surface area contributed by atoms with Crippen LogP contribution in [0.5, 0.6) is 0 Å². The number of hydrogen-bond acceptors (Lipinski definition) is 3. The normalized spacial score (nSPS) is 14.4. The molecule has 1 aliphatic rings. The third kappa shape index (κ3) is 7.54. The lowest BCUT2D eigenvalue weighted by Crippen LogP contribution is -2.42. The summed E-state index contributed by atoms with van der Waals surface area (Å²) in [5.74, 6) is -0.528. The summed E-state index contributed by atoms with van der Waals surface area (Å²) < 4.78 is 0. The van der Waals surface area contributed by atoms with Crippen molar-refractivity contribution in [3.63, 3.8) is 0 Å². The van der Waals surface area contributed by atoms with Crippen LogP contribution < -0.4 is 0 Å². The lowest BCUT2D eigenvalue weighted by atomic mass is 10.0. The summed E-state index contributed by atoms with van der Waals surface area (Å²) in [6.45, 7) is 2.10. The first kappa shape index (κ1) is 24.6. The smallest absolute Gasteiger partial charge is 0.261 e. The molecule has 2 rings (SSSR count). The Balaban J connectivity index is 1.51. The van der Waals surface area contributed by atoms with E-state index in [4.69, 9.17) is 0 Å². The third-order valence-corrected chi connectivity index (χ3v) is 6.29. The molecule has 4 heteroatoms. The maximum atomic E-state index is 12.5. The number of carbonyl (C=O) groups excluding carboxylic acids is 2. The van der Waals surface area contributed by atoms with Crippen LogP contribution in [-0.2, 0) is 0 Å². The molecule has 1 unspecified atom stereocenters. The fourth-order valence-electron chi connectivity index (χ4n) is 4.42. The van der Waals surface area contributed by atoms with E-state index in [2.05, 4.69) is 6.92 Å². The topological polar surface area (TPSA) is 57.6 Å². The summed E-state index contributed by atoms with van der Waals surface area (Å²) in [5, 5.41) is 9.76. The van der Waals surface area contributed by atoms with E-state index in [0.717, 1.165) is 12.8 Å². The second kappa shape index (κ2) is 14.3. The average molecular weight is 416 g/mol. The summed E-state index contributed by atoms with van der Waals surface area (Å²) in [7, 11) is 0.